The number of piperidine rings is 1. The molecule has 242 valence electrons. The average molecular weight is 639 g/mol. The number of amides is 2. The second-order valence-electron chi connectivity index (χ2n) is 11.7. The Balaban J connectivity index is 1.59. The summed E-state index contributed by atoms with van der Waals surface area (Å²) < 4.78 is 31.8. The van der Waals surface area contributed by atoms with E-state index in [1.165, 1.54) is 37.6 Å². The average Bonchev–Trinajstić information content (AvgIpc) is 3.59. The molecule has 1 aromatic heterocycles. The number of nitrogens with one attached hydrogen (secondary N) is 1. The highest BCUT2D eigenvalue weighted by Crippen LogP contribution is 2.39. The summed E-state index contributed by atoms with van der Waals surface area (Å²) in [6.45, 7) is 6.75. The molecule has 0 spiro atoms. The normalized spacial score (nSPS) is 15.3. The zero-order valence-corrected chi connectivity index (χ0v) is 27.6. The lowest BCUT2D eigenvalue weighted by atomic mass is 9.94. The van der Waals surface area contributed by atoms with Crippen LogP contribution in [0, 0.1) is 5.92 Å². The number of thiophene rings is 1. The molecule has 1 aliphatic rings. The van der Waals surface area contributed by atoms with Gasteiger partial charge in [0.05, 0.1) is 34.2 Å². The van der Waals surface area contributed by atoms with E-state index in [0.717, 1.165) is 12.8 Å². The molecule has 1 saturated heterocycles. The Bertz CT molecular complexity index is 1490. The number of rotatable bonds is 12. The molecule has 2 aromatic carbocycles. The van der Waals surface area contributed by atoms with Crippen molar-refractivity contribution in [1.82, 2.24) is 10.2 Å². The van der Waals surface area contributed by atoms with Crippen LogP contribution in [0.4, 0.5) is 9.80 Å². The van der Waals surface area contributed by atoms with E-state index in [0.29, 0.717) is 36.1 Å². The van der Waals surface area contributed by atoms with Gasteiger partial charge in [0.1, 0.15) is 28.9 Å². The molecule has 3 aromatic rings. The van der Waals surface area contributed by atoms with E-state index in [9.17, 15) is 15.8 Å². The number of ketones is 1. The first kappa shape index (κ1) is 32.2. The minimum absolute atomic E-state index is 0.168. The first-order chi connectivity index (χ1) is 21.9. The maximum Gasteiger partial charge on any atom is 0.410 e. The fraction of sp³-hybridized carbons (Fsp3) is 0.441. The van der Waals surface area contributed by atoms with Crippen LogP contribution in [0.3, 0.4) is 0 Å². The molecular weight excluding hydrogens is 594 g/mol. The van der Waals surface area contributed by atoms with Gasteiger partial charge in [-0.2, -0.15) is 0 Å². The number of likely N-dealkylation sites (tertiary alicyclic amines) is 1. The standard InChI is InChI=1S/C34H43N3O7S/c1-34(2,3)44-33(40)36-17-15-23(16-18-36)21-35-29(38)22-37(30-8-7-19-45-30)31(27-14-13-26(42-5)20-28(27)43-6)32(39)24-9-11-25(41-4)12-10-24/h7-14,19-20,23,31H,15-18,21-22H2,1-6H3,(H,35,38)/i31D. The highest BCUT2D eigenvalue weighted by Gasteiger charge is 2.34. The fourth-order valence-corrected chi connectivity index (χ4v) is 5.79. The molecule has 1 N–H and O–H groups in total. The number of anilines is 1. The van der Waals surface area contributed by atoms with E-state index < -0.39 is 17.4 Å². The topological polar surface area (TPSA) is 107 Å². The van der Waals surface area contributed by atoms with Gasteiger partial charge in [-0.15, -0.1) is 11.3 Å². The second-order valence-corrected chi connectivity index (χ2v) is 12.7. The van der Waals surface area contributed by atoms with Crippen LogP contribution in [0.2, 0.25) is 0 Å². The summed E-state index contributed by atoms with van der Waals surface area (Å²) in [5.74, 6) is 0.624. The van der Waals surface area contributed by atoms with Crippen LogP contribution < -0.4 is 24.4 Å². The molecule has 0 saturated carbocycles. The van der Waals surface area contributed by atoms with E-state index in [1.54, 1.807) is 53.4 Å². The van der Waals surface area contributed by atoms with Crippen LogP contribution in [0.25, 0.3) is 0 Å². The largest absolute Gasteiger partial charge is 0.497 e. The maximum absolute atomic E-state index is 14.5. The van der Waals surface area contributed by atoms with E-state index >= 15 is 0 Å². The number of benzene rings is 2. The number of nitrogens with zero attached hydrogens (tertiary/aromatic N) is 2. The van der Waals surface area contributed by atoms with E-state index in [2.05, 4.69) is 5.32 Å². The monoisotopic (exact) mass is 638 g/mol. The maximum atomic E-state index is 14.5. The second kappa shape index (κ2) is 15.2. The SMILES string of the molecule is [2H]C(C(=O)c1ccc(OC)cc1)(c1ccc(OC)cc1OC)N(CC(=O)NCC1CCN(C(=O)OC(C)(C)C)CC1)c1cccs1. The number of ether oxygens (including phenoxy) is 4. The lowest BCUT2D eigenvalue weighted by Gasteiger charge is -2.34. The van der Waals surface area contributed by atoms with E-state index in [-0.39, 0.29) is 41.3 Å². The first-order valence-electron chi connectivity index (χ1n) is 15.4. The van der Waals surface area contributed by atoms with Gasteiger partial charge in [0.25, 0.3) is 0 Å². The lowest BCUT2D eigenvalue weighted by Crippen LogP contribution is -2.45. The van der Waals surface area contributed by atoms with Crippen LogP contribution in [0.1, 0.15) is 56.9 Å². The van der Waals surface area contributed by atoms with Crippen molar-refractivity contribution in [3.63, 3.8) is 0 Å². The van der Waals surface area contributed by atoms with Crippen molar-refractivity contribution in [3.05, 3.63) is 71.1 Å². The van der Waals surface area contributed by atoms with Crippen LogP contribution >= 0.6 is 11.3 Å². The van der Waals surface area contributed by atoms with Gasteiger partial charge in [0, 0.05) is 36.8 Å². The highest BCUT2D eigenvalue weighted by atomic mass is 32.1. The minimum atomic E-state index is -2.10. The van der Waals surface area contributed by atoms with Gasteiger partial charge in [-0.25, -0.2) is 4.79 Å². The smallest absolute Gasteiger partial charge is 0.410 e. The molecule has 0 aliphatic carbocycles. The molecular formula is C34H43N3O7S. The molecule has 2 amide bonds. The number of carbonyl (C=O) groups is 3. The van der Waals surface area contributed by atoms with Crippen LogP contribution in [-0.4, -0.2) is 75.8 Å². The third-order valence-corrected chi connectivity index (χ3v) is 8.32. The van der Waals surface area contributed by atoms with Crippen molar-refractivity contribution >= 4 is 34.1 Å². The van der Waals surface area contributed by atoms with Crippen molar-refractivity contribution in [2.24, 2.45) is 5.92 Å². The van der Waals surface area contributed by atoms with Gasteiger partial charge >= 0.3 is 6.09 Å². The summed E-state index contributed by atoms with van der Waals surface area (Å²) in [7, 11) is 4.52. The molecule has 0 bridgehead atoms. The molecule has 1 unspecified atom stereocenters. The van der Waals surface area contributed by atoms with Crippen LogP contribution in [-0.2, 0) is 9.53 Å². The number of methoxy groups -OCH3 is 3. The number of Topliss-reactive ketones (excluding diaryl/α,β-unsaturated/α-hetero) is 1. The van der Waals surface area contributed by atoms with Crippen molar-refractivity contribution in [3.8, 4) is 17.2 Å². The van der Waals surface area contributed by atoms with Gasteiger partial charge in [0.15, 0.2) is 5.78 Å². The molecule has 45 heavy (non-hydrogen) atoms. The van der Waals surface area contributed by atoms with Gasteiger partial charge in [-0.3, -0.25) is 9.59 Å². The Morgan fingerprint density at radius 3 is 2.24 bits per heavy atom. The first-order valence-corrected chi connectivity index (χ1v) is 15.7. The summed E-state index contributed by atoms with van der Waals surface area (Å²) in [6, 6.07) is 12.9. The predicted molar refractivity (Wildman–Crippen MR) is 175 cm³/mol. The minimum Gasteiger partial charge on any atom is -0.497 e. The predicted octanol–water partition coefficient (Wildman–Crippen LogP) is 5.97. The van der Waals surface area contributed by atoms with E-state index in [1.807, 2.05) is 32.2 Å². The Morgan fingerprint density at radius 1 is 1.00 bits per heavy atom. The summed E-state index contributed by atoms with van der Waals surface area (Å²) in [6.07, 6.45) is 1.11. The molecule has 0 radical (unpaired) electrons. The Morgan fingerprint density at radius 2 is 1.67 bits per heavy atom. The molecule has 11 heteroatoms. The number of hydrogen-bond acceptors (Lipinski definition) is 9. The van der Waals surface area contributed by atoms with Crippen molar-refractivity contribution in [2.75, 3.05) is 52.4 Å². The number of carbonyl (C=O) groups excluding carboxylic acids is 3. The van der Waals surface area contributed by atoms with Crippen LogP contribution in [0.15, 0.2) is 60.0 Å². The molecule has 10 nitrogen and oxygen atoms in total. The highest BCUT2D eigenvalue weighted by molar-refractivity contribution is 7.14. The lowest BCUT2D eigenvalue weighted by molar-refractivity contribution is -0.120. The van der Waals surface area contributed by atoms with Gasteiger partial charge in [0.2, 0.25) is 5.91 Å². The zero-order chi connectivity index (χ0) is 33.5. The van der Waals surface area contributed by atoms with Crippen molar-refractivity contribution in [1.29, 1.82) is 0 Å². The summed E-state index contributed by atoms with van der Waals surface area (Å²) in [5, 5.41) is 5.42. The fourth-order valence-electron chi connectivity index (χ4n) is 5.06. The van der Waals surface area contributed by atoms with E-state index in [4.69, 9.17) is 18.9 Å². The quantitative estimate of drug-likeness (QED) is 0.242. The van der Waals surface area contributed by atoms with Crippen molar-refractivity contribution in [2.45, 2.75) is 45.2 Å². The third-order valence-electron chi connectivity index (χ3n) is 7.43. The molecule has 1 fully saturated rings. The van der Waals surface area contributed by atoms with Crippen molar-refractivity contribution < 1.29 is 34.7 Å². The Labute approximate surface area is 270 Å². The third kappa shape index (κ3) is 8.91. The number of hydrogen-bond donors (Lipinski definition) is 1. The summed E-state index contributed by atoms with van der Waals surface area (Å²) >= 11 is 1.33. The van der Waals surface area contributed by atoms with Gasteiger partial charge < -0.3 is 34.1 Å². The molecule has 2 heterocycles. The van der Waals surface area contributed by atoms with Crippen LogP contribution in [0.5, 0.6) is 17.2 Å². The van der Waals surface area contributed by atoms with Gasteiger partial charge in [-0.05, 0) is 93.4 Å². The molecule has 1 atom stereocenters. The molecule has 4 rings (SSSR count). The molecule has 1 aliphatic heterocycles. The Hall–Kier alpha value is -4.25. The summed E-state index contributed by atoms with van der Waals surface area (Å²) in [4.78, 5) is 43.7. The summed E-state index contributed by atoms with van der Waals surface area (Å²) in [5.41, 5.74) is -0.0340. The van der Waals surface area contributed by atoms with Gasteiger partial charge in [-0.1, -0.05) is 0 Å². The zero-order valence-electron chi connectivity index (χ0n) is 27.8. The Kier molecular flexibility index (Phi) is 10.8.